The number of hydrogen-bond acceptors (Lipinski definition) is 3. The van der Waals surface area contributed by atoms with E-state index in [1.807, 2.05) is 0 Å². The number of carboxylic acid groups (broad SMARTS) is 1. The maximum absolute atomic E-state index is 12.6. The van der Waals surface area contributed by atoms with Crippen LogP contribution in [-0.4, -0.2) is 46.5 Å². The first kappa shape index (κ1) is 18.8. The molecule has 7 heteroatoms. The molecule has 1 saturated heterocycles. The van der Waals surface area contributed by atoms with E-state index in [-0.39, 0.29) is 12.3 Å². The van der Waals surface area contributed by atoms with Crippen molar-refractivity contribution in [1.29, 1.82) is 0 Å². The van der Waals surface area contributed by atoms with Crippen LogP contribution in [0.1, 0.15) is 49.9 Å². The molecule has 0 aromatic heterocycles. The van der Waals surface area contributed by atoms with Gasteiger partial charge in [-0.05, 0) is 45.2 Å². The summed E-state index contributed by atoms with van der Waals surface area (Å²) in [6.45, 7) is 5.00. The van der Waals surface area contributed by atoms with Gasteiger partial charge < -0.3 is 20.6 Å². The van der Waals surface area contributed by atoms with Crippen LogP contribution in [0.4, 0.5) is 10.5 Å². The summed E-state index contributed by atoms with van der Waals surface area (Å²) in [6.07, 6.45) is 2.28. The topological polar surface area (TPSA) is 98.7 Å². The Balaban J connectivity index is 2.03. The summed E-state index contributed by atoms with van der Waals surface area (Å²) < 4.78 is 0. The van der Waals surface area contributed by atoms with Crippen LogP contribution in [0, 0.1) is 0 Å². The lowest BCUT2D eigenvalue weighted by atomic mass is 9.99. The van der Waals surface area contributed by atoms with E-state index in [0.29, 0.717) is 17.7 Å². The third-order valence-electron chi connectivity index (χ3n) is 4.21. The van der Waals surface area contributed by atoms with Crippen molar-refractivity contribution in [3.63, 3.8) is 0 Å². The first-order valence-electron chi connectivity index (χ1n) is 8.48. The van der Waals surface area contributed by atoms with Gasteiger partial charge in [0.15, 0.2) is 0 Å². The van der Waals surface area contributed by atoms with Crippen molar-refractivity contribution in [1.82, 2.24) is 10.2 Å². The SMILES string of the molecule is CC(C)(CCC(=O)O)NC(=O)Nc1ccccc1C(=O)N1CCCC1. The van der Waals surface area contributed by atoms with E-state index in [9.17, 15) is 14.4 Å². The summed E-state index contributed by atoms with van der Waals surface area (Å²) >= 11 is 0. The zero-order chi connectivity index (χ0) is 18.4. The van der Waals surface area contributed by atoms with E-state index in [4.69, 9.17) is 5.11 Å². The molecule has 0 unspecified atom stereocenters. The second-order valence-corrected chi connectivity index (χ2v) is 6.90. The molecule has 1 aromatic carbocycles. The minimum Gasteiger partial charge on any atom is -0.481 e. The molecule has 1 heterocycles. The van der Waals surface area contributed by atoms with Crippen molar-refractivity contribution in [2.75, 3.05) is 18.4 Å². The van der Waals surface area contributed by atoms with Crippen molar-refractivity contribution in [2.45, 2.75) is 45.1 Å². The molecule has 0 radical (unpaired) electrons. The molecule has 0 atom stereocenters. The van der Waals surface area contributed by atoms with Gasteiger partial charge in [0.1, 0.15) is 0 Å². The van der Waals surface area contributed by atoms with Crippen LogP contribution in [-0.2, 0) is 4.79 Å². The minimum atomic E-state index is -0.906. The van der Waals surface area contributed by atoms with E-state index in [0.717, 1.165) is 25.9 Å². The normalized spacial score (nSPS) is 14.2. The zero-order valence-electron chi connectivity index (χ0n) is 14.7. The van der Waals surface area contributed by atoms with Gasteiger partial charge in [0.2, 0.25) is 0 Å². The maximum atomic E-state index is 12.6. The van der Waals surface area contributed by atoms with E-state index in [1.54, 1.807) is 43.0 Å². The third-order valence-corrected chi connectivity index (χ3v) is 4.21. The molecule has 136 valence electrons. The summed E-state index contributed by atoms with van der Waals surface area (Å²) in [4.78, 5) is 37.4. The maximum Gasteiger partial charge on any atom is 0.319 e. The number of hydrogen-bond donors (Lipinski definition) is 3. The van der Waals surface area contributed by atoms with Crippen molar-refractivity contribution in [3.05, 3.63) is 29.8 Å². The Hall–Kier alpha value is -2.57. The van der Waals surface area contributed by atoms with Gasteiger partial charge in [-0.15, -0.1) is 0 Å². The lowest BCUT2D eigenvalue weighted by molar-refractivity contribution is -0.137. The number of benzene rings is 1. The van der Waals surface area contributed by atoms with Crippen molar-refractivity contribution in [2.24, 2.45) is 0 Å². The number of likely N-dealkylation sites (tertiary alicyclic amines) is 1. The number of carbonyl (C=O) groups is 3. The number of urea groups is 1. The highest BCUT2D eigenvalue weighted by Gasteiger charge is 2.24. The summed E-state index contributed by atoms with van der Waals surface area (Å²) in [7, 11) is 0. The molecular formula is C18H25N3O4. The fraction of sp³-hybridized carbons (Fsp3) is 0.500. The molecule has 1 aliphatic rings. The molecule has 7 nitrogen and oxygen atoms in total. The standard InChI is InChI=1S/C18H25N3O4/c1-18(2,10-9-15(22)23)20-17(25)19-14-8-4-3-7-13(14)16(24)21-11-5-6-12-21/h3-4,7-8H,5-6,9-12H2,1-2H3,(H,22,23)(H2,19,20,25). The van der Waals surface area contributed by atoms with Gasteiger partial charge in [0.05, 0.1) is 11.3 Å². The fourth-order valence-electron chi connectivity index (χ4n) is 2.81. The second kappa shape index (κ2) is 8.00. The van der Waals surface area contributed by atoms with E-state index in [1.165, 1.54) is 0 Å². The van der Waals surface area contributed by atoms with Crippen LogP contribution in [0.15, 0.2) is 24.3 Å². The first-order chi connectivity index (χ1) is 11.8. The number of nitrogens with one attached hydrogen (secondary N) is 2. The fourth-order valence-corrected chi connectivity index (χ4v) is 2.81. The van der Waals surface area contributed by atoms with E-state index < -0.39 is 17.5 Å². The van der Waals surface area contributed by atoms with Gasteiger partial charge in [0.25, 0.3) is 5.91 Å². The predicted molar refractivity (Wildman–Crippen MR) is 94.7 cm³/mol. The van der Waals surface area contributed by atoms with Gasteiger partial charge in [-0.3, -0.25) is 9.59 Å². The van der Waals surface area contributed by atoms with Crippen molar-refractivity contribution in [3.8, 4) is 0 Å². The van der Waals surface area contributed by atoms with Crippen LogP contribution < -0.4 is 10.6 Å². The van der Waals surface area contributed by atoms with Crippen molar-refractivity contribution >= 4 is 23.6 Å². The van der Waals surface area contributed by atoms with Crippen LogP contribution in [0.2, 0.25) is 0 Å². The molecule has 3 amide bonds. The largest absolute Gasteiger partial charge is 0.481 e. The van der Waals surface area contributed by atoms with Crippen LogP contribution in [0.3, 0.4) is 0 Å². The summed E-state index contributed by atoms with van der Waals surface area (Å²) in [5, 5.41) is 14.2. The third kappa shape index (κ3) is 5.48. The van der Waals surface area contributed by atoms with Gasteiger partial charge >= 0.3 is 12.0 Å². The highest BCUT2D eigenvalue weighted by atomic mass is 16.4. The Morgan fingerprint density at radius 2 is 1.80 bits per heavy atom. The Morgan fingerprint density at radius 1 is 1.16 bits per heavy atom. The molecule has 0 saturated carbocycles. The summed E-state index contributed by atoms with van der Waals surface area (Å²) in [5.41, 5.74) is 0.241. The molecule has 0 aliphatic carbocycles. The van der Waals surface area contributed by atoms with E-state index in [2.05, 4.69) is 10.6 Å². The van der Waals surface area contributed by atoms with E-state index >= 15 is 0 Å². The molecule has 3 N–H and O–H groups in total. The number of rotatable bonds is 6. The quantitative estimate of drug-likeness (QED) is 0.737. The Bertz CT molecular complexity index is 651. The molecule has 1 fully saturated rings. The highest BCUT2D eigenvalue weighted by Crippen LogP contribution is 2.20. The molecule has 25 heavy (non-hydrogen) atoms. The lowest BCUT2D eigenvalue weighted by Crippen LogP contribution is -2.46. The highest BCUT2D eigenvalue weighted by molar-refractivity contribution is 6.03. The molecule has 0 bridgehead atoms. The molecule has 0 spiro atoms. The van der Waals surface area contributed by atoms with Crippen molar-refractivity contribution < 1.29 is 19.5 Å². The van der Waals surface area contributed by atoms with Crippen LogP contribution >= 0.6 is 0 Å². The molecule has 1 aliphatic heterocycles. The van der Waals surface area contributed by atoms with Gasteiger partial charge in [-0.1, -0.05) is 12.1 Å². The van der Waals surface area contributed by atoms with Gasteiger partial charge in [0, 0.05) is 25.0 Å². The smallest absolute Gasteiger partial charge is 0.319 e. The lowest BCUT2D eigenvalue weighted by Gasteiger charge is -2.26. The first-order valence-corrected chi connectivity index (χ1v) is 8.48. The summed E-state index contributed by atoms with van der Waals surface area (Å²) in [6, 6.07) is 6.45. The second-order valence-electron chi connectivity index (χ2n) is 6.90. The minimum absolute atomic E-state index is 0.0304. The average molecular weight is 347 g/mol. The number of carboxylic acids is 1. The predicted octanol–water partition coefficient (Wildman–Crippen LogP) is 2.69. The monoisotopic (exact) mass is 347 g/mol. The summed E-state index contributed by atoms with van der Waals surface area (Å²) in [5.74, 6) is -0.990. The van der Waals surface area contributed by atoms with Crippen LogP contribution in [0.25, 0.3) is 0 Å². The Kier molecular flexibility index (Phi) is 6.01. The number of aliphatic carboxylic acids is 1. The number of carbonyl (C=O) groups excluding carboxylic acids is 2. The average Bonchev–Trinajstić information content (AvgIpc) is 3.07. The number of amides is 3. The van der Waals surface area contributed by atoms with Gasteiger partial charge in [-0.25, -0.2) is 4.79 Å². The molecular weight excluding hydrogens is 322 g/mol. The number of nitrogens with zero attached hydrogens (tertiary/aromatic N) is 1. The Morgan fingerprint density at radius 3 is 2.44 bits per heavy atom. The number of anilines is 1. The Labute approximate surface area is 147 Å². The van der Waals surface area contributed by atoms with Crippen LogP contribution in [0.5, 0.6) is 0 Å². The molecule has 1 aromatic rings. The zero-order valence-corrected chi connectivity index (χ0v) is 14.7. The molecule has 2 rings (SSSR count). The number of para-hydroxylation sites is 1. The van der Waals surface area contributed by atoms with Gasteiger partial charge in [-0.2, -0.15) is 0 Å².